The Hall–Kier alpha value is -1.99. The molecule has 0 unspecified atom stereocenters. The van der Waals surface area contributed by atoms with Gasteiger partial charge in [-0.2, -0.15) is 0 Å². The van der Waals surface area contributed by atoms with Crippen molar-refractivity contribution in [2.75, 3.05) is 65.6 Å². The van der Waals surface area contributed by atoms with Crippen LogP contribution in [0.4, 0.5) is 0 Å². The van der Waals surface area contributed by atoms with E-state index in [1.54, 1.807) is 0 Å². The molecular weight excluding hydrogens is 436 g/mol. The number of rotatable bonds is 8. The third kappa shape index (κ3) is 6.42. The summed E-state index contributed by atoms with van der Waals surface area (Å²) in [4.78, 5) is 20.9. The van der Waals surface area contributed by atoms with E-state index in [1.807, 2.05) is 0 Å². The van der Waals surface area contributed by atoms with Gasteiger partial charge in [-0.25, -0.2) is 0 Å². The first-order valence-corrected chi connectivity index (χ1v) is 13.7. The Morgan fingerprint density at radius 3 is 2.69 bits per heavy atom. The normalized spacial score (nSPS) is 26.8. The molecule has 1 amide bonds. The molecule has 0 spiro atoms. The first-order valence-electron chi connectivity index (χ1n) is 13.7. The highest BCUT2D eigenvalue weighted by molar-refractivity contribution is 5.83. The molecule has 3 heterocycles. The van der Waals surface area contributed by atoms with Gasteiger partial charge < -0.3 is 10.1 Å². The lowest BCUT2D eigenvalue weighted by Gasteiger charge is -2.40. The smallest absolute Gasteiger partial charge is 0.224 e. The van der Waals surface area contributed by atoms with Crippen LogP contribution in [0.25, 0.3) is 10.8 Å². The largest absolute Gasteiger partial charge is 0.379 e. The quantitative estimate of drug-likeness (QED) is 0.631. The summed E-state index contributed by atoms with van der Waals surface area (Å²) < 4.78 is 5.56. The van der Waals surface area contributed by atoms with Gasteiger partial charge in [-0.15, -0.1) is 0 Å². The van der Waals surface area contributed by atoms with E-state index >= 15 is 0 Å². The van der Waals surface area contributed by atoms with E-state index in [4.69, 9.17) is 4.74 Å². The molecule has 3 aliphatic heterocycles. The van der Waals surface area contributed by atoms with E-state index in [1.165, 1.54) is 35.7 Å². The highest BCUT2D eigenvalue weighted by atomic mass is 16.5. The number of amides is 1. The Balaban J connectivity index is 1.25. The van der Waals surface area contributed by atoms with Gasteiger partial charge in [0.15, 0.2) is 0 Å². The number of nitrogens with one attached hydrogen (secondary N) is 1. The minimum atomic E-state index is 0.0618. The summed E-state index contributed by atoms with van der Waals surface area (Å²) in [6.45, 7) is 12.8. The van der Waals surface area contributed by atoms with Gasteiger partial charge in [0.25, 0.3) is 0 Å². The number of likely N-dealkylation sites (tertiary alicyclic amines) is 2. The lowest BCUT2D eigenvalue weighted by atomic mass is 9.87. The number of hydrogen-bond donors (Lipinski definition) is 1. The fraction of sp³-hybridized carbons (Fsp3) is 0.621. The highest BCUT2D eigenvalue weighted by Gasteiger charge is 2.33. The van der Waals surface area contributed by atoms with E-state index in [-0.39, 0.29) is 11.8 Å². The van der Waals surface area contributed by atoms with Gasteiger partial charge in [0.1, 0.15) is 0 Å². The van der Waals surface area contributed by atoms with Gasteiger partial charge in [0, 0.05) is 51.9 Å². The molecule has 2 aromatic carbocycles. The second-order valence-electron chi connectivity index (χ2n) is 10.8. The standard InChI is InChI=1S/C29H42N4O2/c1-2-33-11-5-8-28(33)18-30-29(34)27-17-24(20-31-12-14-35-15-13-31)21-32(22-27)19-23-9-10-25-6-3-4-7-26(25)16-23/h3-4,6-7,9-10,16,24,27-28H,2,5,8,11-15,17-22H2,1H3,(H,30,34)/t24-,27-,28-/m1/s1. The average molecular weight is 479 g/mol. The van der Waals surface area contributed by atoms with Crippen molar-refractivity contribution in [2.45, 2.75) is 38.8 Å². The first-order chi connectivity index (χ1) is 17.2. The number of nitrogens with zero attached hydrogens (tertiary/aromatic N) is 3. The molecule has 3 fully saturated rings. The molecule has 1 N–H and O–H groups in total. The van der Waals surface area contributed by atoms with Gasteiger partial charge in [-0.05, 0) is 60.7 Å². The lowest BCUT2D eigenvalue weighted by molar-refractivity contribution is -0.128. The molecule has 3 saturated heterocycles. The summed E-state index contributed by atoms with van der Waals surface area (Å²) in [6, 6.07) is 15.9. The zero-order valence-corrected chi connectivity index (χ0v) is 21.3. The van der Waals surface area contributed by atoms with Gasteiger partial charge in [-0.1, -0.05) is 43.3 Å². The Bertz CT molecular complexity index is 976. The van der Waals surface area contributed by atoms with Crippen molar-refractivity contribution in [1.82, 2.24) is 20.0 Å². The number of hydrogen-bond acceptors (Lipinski definition) is 5. The molecule has 0 saturated carbocycles. The van der Waals surface area contributed by atoms with E-state index in [0.29, 0.717) is 12.0 Å². The number of fused-ring (bicyclic) bond motifs is 1. The molecule has 35 heavy (non-hydrogen) atoms. The number of carbonyl (C=O) groups excluding carboxylic acids is 1. The molecule has 5 rings (SSSR count). The number of carbonyl (C=O) groups is 1. The van der Waals surface area contributed by atoms with Crippen molar-refractivity contribution in [1.29, 1.82) is 0 Å². The maximum Gasteiger partial charge on any atom is 0.224 e. The van der Waals surface area contributed by atoms with Crippen molar-refractivity contribution < 1.29 is 9.53 Å². The van der Waals surface area contributed by atoms with Crippen LogP contribution in [0.1, 0.15) is 31.7 Å². The number of piperidine rings is 1. The van der Waals surface area contributed by atoms with Gasteiger partial charge in [-0.3, -0.25) is 19.5 Å². The second kappa shape index (κ2) is 11.8. The SMILES string of the molecule is CCN1CCC[C@@H]1CNC(=O)[C@@H]1C[C@H](CN2CCOCC2)CN(Cc2ccc3ccccc3c2)C1. The zero-order valence-electron chi connectivity index (χ0n) is 21.3. The van der Waals surface area contributed by atoms with Gasteiger partial charge in [0.2, 0.25) is 5.91 Å². The van der Waals surface area contributed by atoms with Crippen LogP contribution in [0.3, 0.4) is 0 Å². The molecule has 2 aromatic rings. The predicted molar refractivity (Wildman–Crippen MR) is 141 cm³/mol. The average Bonchev–Trinajstić information content (AvgIpc) is 3.35. The zero-order chi connectivity index (χ0) is 24.0. The molecule has 6 nitrogen and oxygen atoms in total. The lowest BCUT2D eigenvalue weighted by Crippen LogP contribution is -2.51. The fourth-order valence-electron chi connectivity index (χ4n) is 6.40. The molecule has 3 aliphatic rings. The molecule has 6 heteroatoms. The maximum absolute atomic E-state index is 13.4. The molecule has 0 bridgehead atoms. The summed E-state index contributed by atoms with van der Waals surface area (Å²) in [5.74, 6) is 0.826. The number of ether oxygens (including phenoxy) is 1. The summed E-state index contributed by atoms with van der Waals surface area (Å²) in [7, 11) is 0. The van der Waals surface area contributed by atoms with Crippen molar-refractivity contribution in [3.8, 4) is 0 Å². The Kier molecular flexibility index (Phi) is 8.35. The van der Waals surface area contributed by atoms with Crippen LogP contribution in [0, 0.1) is 11.8 Å². The van der Waals surface area contributed by atoms with Crippen LogP contribution in [-0.2, 0) is 16.1 Å². The Labute approximate surface area is 210 Å². The minimum absolute atomic E-state index is 0.0618. The molecular formula is C29H42N4O2. The summed E-state index contributed by atoms with van der Waals surface area (Å²) in [5, 5.41) is 5.92. The topological polar surface area (TPSA) is 48.1 Å². The number of likely N-dealkylation sites (N-methyl/N-ethyl adjacent to an activating group) is 1. The van der Waals surface area contributed by atoms with Crippen molar-refractivity contribution >= 4 is 16.7 Å². The second-order valence-corrected chi connectivity index (χ2v) is 10.8. The van der Waals surface area contributed by atoms with Crippen LogP contribution >= 0.6 is 0 Å². The molecule has 0 radical (unpaired) electrons. The maximum atomic E-state index is 13.4. The Morgan fingerprint density at radius 1 is 1.03 bits per heavy atom. The summed E-state index contributed by atoms with van der Waals surface area (Å²) in [6.07, 6.45) is 3.44. The van der Waals surface area contributed by atoms with E-state index in [0.717, 1.165) is 72.0 Å². The van der Waals surface area contributed by atoms with Crippen LogP contribution in [0.15, 0.2) is 42.5 Å². The summed E-state index contributed by atoms with van der Waals surface area (Å²) in [5.41, 5.74) is 1.33. The van der Waals surface area contributed by atoms with Gasteiger partial charge >= 0.3 is 0 Å². The Morgan fingerprint density at radius 2 is 1.86 bits per heavy atom. The van der Waals surface area contributed by atoms with E-state index < -0.39 is 0 Å². The molecule has 0 aromatic heterocycles. The van der Waals surface area contributed by atoms with E-state index in [2.05, 4.69) is 69.4 Å². The van der Waals surface area contributed by atoms with Crippen molar-refractivity contribution in [3.63, 3.8) is 0 Å². The van der Waals surface area contributed by atoms with Gasteiger partial charge in [0.05, 0.1) is 19.1 Å². The molecule has 3 atom stereocenters. The fourth-order valence-corrected chi connectivity index (χ4v) is 6.40. The first kappa shape index (κ1) is 24.7. The minimum Gasteiger partial charge on any atom is -0.379 e. The third-order valence-electron chi connectivity index (χ3n) is 8.24. The molecule has 190 valence electrons. The highest BCUT2D eigenvalue weighted by Crippen LogP contribution is 2.26. The number of morpholine rings is 1. The third-order valence-corrected chi connectivity index (χ3v) is 8.24. The monoisotopic (exact) mass is 478 g/mol. The molecule has 0 aliphatic carbocycles. The summed E-state index contributed by atoms with van der Waals surface area (Å²) >= 11 is 0. The number of benzene rings is 2. The van der Waals surface area contributed by atoms with E-state index in [9.17, 15) is 4.79 Å². The predicted octanol–water partition coefficient (Wildman–Crippen LogP) is 3.21. The van der Waals surface area contributed by atoms with Crippen LogP contribution < -0.4 is 5.32 Å². The van der Waals surface area contributed by atoms with Crippen LogP contribution in [0.2, 0.25) is 0 Å². The van der Waals surface area contributed by atoms with Crippen LogP contribution in [-0.4, -0.2) is 92.2 Å². The van der Waals surface area contributed by atoms with Crippen molar-refractivity contribution in [3.05, 3.63) is 48.0 Å². The van der Waals surface area contributed by atoms with Crippen molar-refractivity contribution in [2.24, 2.45) is 11.8 Å². The van der Waals surface area contributed by atoms with Crippen LogP contribution in [0.5, 0.6) is 0 Å².